The lowest BCUT2D eigenvalue weighted by atomic mass is 10.2. The number of aryl methyl sites for hydroxylation is 2. The third kappa shape index (κ3) is 3.09. The number of piperazine rings is 1. The molecule has 0 aromatic carbocycles. The van der Waals surface area contributed by atoms with Crippen LogP contribution in [0.5, 0.6) is 0 Å². The molecule has 2 heterocycles. The lowest BCUT2D eigenvalue weighted by Crippen LogP contribution is -2.48. The molecule has 0 saturated carbocycles. The Balaban J connectivity index is 1.91. The van der Waals surface area contributed by atoms with Gasteiger partial charge in [0.25, 0.3) is 0 Å². The largest absolute Gasteiger partial charge is 0.340 e. The zero-order chi connectivity index (χ0) is 13.1. The number of carbonyl (C=O) groups is 1. The fraction of sp³-hybridized carbons (Fsp3) is 0.692. The molecule has 1 fully saturated rings. The minimum absolute atomic E-state index is 0.248. The molecule has 0 bridgehead atoms. The van der Waals surface area contributed by atoms with E-state index in [2.05, 4.69) is 16.8 Å². The summed E-state index contributed by atoms with van der Waals surface area (Å²) in [7, 11) is 0. The van der Waals surface area contributed by atoms with E-state index < -0.39 is 0 Å². The summed E-state index contributed by atoms with van der Waals surface area (Å²) in [6.07, 6.45) is 0.517. The summed E-state index contributed by atoms with van der Waals surface area (Å²) in [5, 5.41) is 1.05. The second kappa shape index (κ2) is 5.80. The smallest absolute Gasteiger partial charge is 0.227 e. The monoisotopic (exact) mass is 267 g/mol. The Morgan fingerprint density at radius 2 is 1.94 bits per heavy atom. The Bertz CT molecular complexity index is 422. The van der Waals surface area contributed by atoms with Crippen molar-refractivity contribution in [2.45, 2.75) is 27.2 Å². The van der Waals surface area contributed by atoms with Crippen LogP contribution in [-0.2, 0) is 11.2 Å². The molecule has 1 aromatic rings. The highest BCUT2D eigenvalue weighted by Gasteiger charge is 2.21. The van der Waals surface area contributed by atoms with Crippen LogP contribution in [-0.4, -0.2) is 53.4 Å². The van der Waals surface area contributed by atoms with Crippen molar-refractivity contribution in [3.05, 3.63) is 15.6 Å². The molecule has 0 atom stereocenters. The molecular formula is C13H21N3OS. The third-order valence-corrected chi connectivity index (χ3v) is 4.56. The highest BCUT2D eigenvalue weighted by molar-refractivity contribution is 7.11. The SMILES string of the molecule is CCN1CCN(C(=O)Cc2sc(C)nc2C)CC1. The predicted molar refractivity (Wildman–Crippen MR) is 74.0 cm³/mol. The van der Waals surface area contributed by atoms with Gasteiger partial charge >= 0.3 is 0 Å². The number of aromatic nitrogens is 1. The normalized spacial score (nSPS) is 17.2. The van der Waals surface area contributed by atoms with E-state index in [1.54, 1.807) is 11.3 Å². The average molecular weight is 267 g/mol. The second-order valence-electron chi connectivity index (χ2n) is 4.73. The number of hydrogen-bond acceptors (Lipinski definition) is 4. The van der Waals surface area contributed by atoms with Crippen LogP contribution in [0.3, 0.4) is 0 Å². The number of thiazole rings is 1. The molecule has 0 radical (unpaired) electrons. The molecule has 2 rings (SSSR count). The number of hydrogen-bond donors (Lipinski definition) is 0. The van der Waals surface area contributed by atoms with Crippen molar-refractivity contribution < 1.29 is 4.79 Å². The van der Waals surface area contributed by atoms with Gasteiger partial charge in [-0.25, -0.2) is 4.98 Å². The van der Waals surface area contributed by atoms with E-state index in [0.29, 0.717) is 6.42 Å². The Kier molecular flexibility index (Phi) is 4.35. The number of amides is 1. The van der Waals surface area contributed by atoms with Crippen LogP contribution >= 0.6 is 11.3 Å². The summed E-state index contributed by atoms with van der Waals surface area (Å²) in [5.41, 5.74) is 1.01. The van der Waals surface area contributed by atoms with E-state index in [-0.39, 0.29) is 5.91 Å². The standard InChI is InChI=1S/C13H21N3OS/c1-4-15-5-7-16(8-6-15)13(17)9-12-10(2)14-11(3)18-12/h4-9H2,1-3H3. The first-order valence-corrected chi connectivity index (χ1v) is 7.35. The van der Waals surface area contributed by atoms with Gasteiger partial charge in [0.05, 0.1) is 17.1 Å². The molecule has 5 heteroatoms. The van der Waals surface area contributed by atoms with Gasteiger partial charge in [0.15, 0.2) is 0 Å². The molecule has 1 aromatic heterocycles. The quantitative estimate of drug-likeness (QED) is 0.832. The minimum Gasteiger partial charge on any atom is -0.340 e. The first-order valence-electron chi connectivity index (χ1n) is 6.53. The first kappa shape index (κ1) is 13.5. The summed E-state index contributed by atoms with van der Waals surface area (Å²) in [6.45, 7) is 11.0. The number of carbonyl (C=O) groups excluding carboxylic acids is 1. The van der Waals surface area contributed by atoms with Crippen LogP contribution < -0.4 is 0 Å². The van der Waals surface area contributed by atoms with E-state index in [0.717, 1.165) is 48.3 Å². The van der Waals surface area contributed by atoms with E-state index in [1.165, 1.54) is 0 Å². The van der Waals surface area contributed by atoms with Crippen molar-refractivity contribution in [3.8, 4) is 0 Å². The molecule has 18 heavy (non-hydrogen) atoms. The van der Waals surface area contributed by atoms with E-state index in [1.807, 2.05) is 18.7 Å². The highest BCUT2D eigenvalue weighted by Crippen LogP contribution is 2.18. The van der Waals surface area contributed by atoms with Gasteiger partial charge < -0.3 is 9.80 Å². The molecule has 1 saturated heterocycles. The van der Waals surface area contributed by atoms with Gasteiger partial charge in [0, 0.05) is 31.1 Å². The van der Waals surface area contributed by atoms with Crippen molar-refractivity contribution in [2.24, 2.45) is 0 Å². The van der Waals surface area contributed by atoms with Gasteiger partial charge in [-0.2, -0.15) is 0 Å². The van der Waals surface area contributed by atoms with Crippen LogP contribution in [0.15, 0.2) is 0 Å². The highest BCUT2D eigenvalue weighted by atomic mass is 32.1. The van der Waals surface area contributed by atoms with E-state index in [4.69, 9.17) is 0 Å². The topological polar surface area (TPSA) is 36.4 Å². The third-order valence-electron chi connectivity index (χ3n) is 3.48. The lowest BCUT2D eigenvalue weighted by Gasteiger charge is -2.34. The maximum Gasteiger partial charge on any atom is 0.227 e. The van der Waals surface area contributed by atoms with Crippen molar-refractivity contribution in [2.75, 3.05) is 32.7 Å². The minimum atomic E-state index is 0.248. The zero-order valence-corrected chi connectivity index (χ0v) is 12.2. The first-order chi connectivity index (χ1) is 8.60. The molecule has 1 aliphatic rings. The van der Waals surface area contributed by atoms with Crippen molar-refractivity contribution >= 4 is 17.2 Å². The summed E-state index contributed by atoms with van der Waals surface area (Å²) >= 11 is 1.64. The fourth-order valence-corrected chi connectivity index (χ4v) is 3.23. The molecule has 4 nitrogen and oxygen atoms in total. The fourth-order valence-electron chi connectivity index (χ4n) is 2.30. The van der Waals surface area contributed by atoms with Gasteiger partial charge in [-0.3, -0.25) is 4.79 Å². The van der Waals surface area contributed by atoms with Gasteiger partial charge in [0.2, 0.25) is 5.91 Å². The summed E-state index contributed by atoms with van der Waals surface area (Å²) in [4.78, 5) is 22.1. The summed E-state index contributed by atoms with van der Waals surface area (Å²) in [6, 6.07) is 0. The molecule has 0 unspecified atom stereocenters. The van der Waals surface area contributed by atoms with Crippen molar-refractivity contribution in [1.29, 1.82) is 0 Å². The van der Waals surface area contributed by atoms with Crippen molar-refractivity contribution in [3.63, 3.8) is 0 Å². The van der Waals surface area contributed by atoms with E-state index in [9.17, 15) is 4.79 Å². The lowest BCUT2D eigenvalue weighted by molar-refractivity contribution is -0.132. The molecule has 100 valence electrons. The number of nitrogens with zero attached hydrogens (tertiary/aromatic N) is 3. The maximum absolute atomic E-state index is 12.2. The molecule has 1 aliphatic heterocycles. The number of likely N-dealkylation sites (N-methyl/N-ethyl adjacent to an activating group) is 1. The maximum atomic E-state index is 12.2. The van der Waals surface area contributed by atoms with Crippen molar-refractivity contribution in [1.82, 2.24) is 14.8 Å². The Labute approximate surface area is 113 Å². The van der Waals surface area contributed by atoms with Gasteiger partial charge in [-0.1, -0.05) is 6.92 Å². The summed E-state index contributed by atoms with van der Waals surface area (Å²) in [5.74, 6) is 0.248. The average Bonchev–Trinajstić information content (AvgIpc) is 2.68. The van der Waals surface area contributed by atoms with Crippen LogP contribution in [0.25, 0.3) is 0 Å². The van der Waals surface area contributed by atoms with Crippen LogP contribution in [0, 0.1) is 13.8 Å². The Morgan fingerprint density at radius 1 is 1.28 bits per heavy atom. The molecule has 0 N–H and O–H groups in total. The van der Waals surface area contributed by atoms with E-state index >= 15 is 0 Å². The Hall–Kier alpha value is -0.940. The predicted octanol–water partition coefficient (Wildman–Crippen LogP) is 1.47. The summed E-state index contributed by atoms with van der Waals surface area (Å²) < 4.78 is 0. The van der Waals surface area contributed by atoms with Gasteiger partial charge in [0.1, 0.15) is 0 Å². The van der Waals surface area contributed by atoms with Crippen LogP contribution in [0.2, 0.25) is 0 Å². The van der Waals surface area contributed by atoms with Crippen LogP contribution in [0.1, 0.15) is 22.5 Å². The second-order valence-corrected chi connectivity index (χ2v) is 6.02. The molecule has 0 aliphatic carbocycles. The molecular weight excluding hydrogens is 246 g/mol. The Morgan fingerprint density at radius 3 is 2.44 bits per heavy atom. The van der Waals surface area contributed by atoms with Gasteiger partial charge in [-0.15, -0.1) is 11.3 Å². The molecule has 0 spiro atoms. The van der Waals surface area contributed by atoms with Gasteiger partial charge in [-0.05, 0) is 20.4 Å². The molecule has 1 amide bonds. The van der Waals surface area contributed by atoms with Crippen LogP contribution in [0.4, 0.5) is 0 Å². The zero-order valence-electron chi connectivity index (χ0n) is 11.4. The number of rotatable bonds is 3.